The molecule has 0 heterocycles. The van der Waals surface area contributed by atoms with Crippen molar-refractivity contribution in [3.05, 3.63) is 182 Å². The maximum Gasteiger partial charge on any atom is 0.0715 e. The zero-order valence-corrected chi connectivity index (χ0v) is 28.8. The van der Waals surface area contributed by atoms with E-state index in [1.807, 2.05) is 0 Å². The molecular formula is C52H30N. The van der Waals surface area contributed by atoms with Crippen LogP contribution in [-0.2, 0) is 0 Å². The zero-order valence-electron chi connectivity index (χ0n) is 28.8. The molecule has 0 bridgehead atoms. The van der Waals surface area contributed by atoms with E-state index in [2.05, 4.69) is 182 Å². The Balaban J connectivity index is 0.975. The van der Waals surface area contributed by atoms with Gasteiger partial charge >= 0.3 is 0 Å². The van der Waals surface area contributed by atoms with Crippen molar-refractivity contribution in [2.45, 2.75) is 0 Å². The van der Waals surface area contributed by atoms with Crippen LogP contribution in [0.4, 0.5) is 11.4 Å². The van der Waals surface area contributed by atoms with Crippen LogP contribution in [0, 0.1) is 0 Å². The highest BCUT2D eigenvalue weighted by atomic mass is 14.9. The summed E-state index contributed by atoms with van der Waals surface area (Å²) in [6.07, 6.45) is 0. The average molecular weight is 669 g/mol. The Labute approximate surface area is 305 Å². The smallest absolute Gasteiger partial charge is 0.0715 e. The second-order valence-electron chi connectivity index (χ2n) is 14.7. The highest BCUT2D eigenvalue weighted by Gasteiger charge is 2.12. The minimum absolute atomic E-state index is 0.985. The van der Waals surface area contributed by atoms with Gasteiger partial charge in [0.15, 0.2) is 0 Å². The number of benzene rings is 12. The molecule has 0 aliphatic heterocycles. The van der Waals surface area contributed by atoms with Crippen LogP contribution < -0.4 is 5.32 Å². The summed E-state index contributed by atoms with van der Waals surface area (Å²) >= 11 is 0. The lowest BCUT2D eigenvalue weighted by Gasteiger charge is -2.13. The fraction of sp³-hybridized carbons (Fsp3) is 0. The van der Waals surface area contributed by atoms with E-state index in [1.54, 1.807) is 0 Å². The molecule has 0 atom stereocenters. The standard InChI is InChI=1S/C52H30N/c1-3-9-33-17-39-23-45-27-47-29-49-35(19-41(47)25-43(45)21-37(39)15-31(33)7-1)11-5-13-51(49)53-52-14-6-12-36-20-42-26-44-22-38-16-32-8-2-4-10-34(32)18-40(38)24-46(44)28-48(42)30-50(36)52/h1-30H. The fourth-order valence-corrected chi connectivity index (χ4v) is 8.74. The molecule has 1 radical (unpaired) electrons. The van der Waals surface area contributed by atoms with Gasteiger partial charge in [-0.05, 0) is 206 Å². The molecule has 0 aliphatic rings. The van der Waals surface area contributed by atoms with Crippen molar-refractivity contribution in [2.24, 2.45) is 0 Å². The number of rotatable bonds is 2. The Morgan fingerprint density at radius 3 is 0.717 bits per heavy atom. The molecule has 12 rings (SSSR count). The quantitative estimate of drug-likeness (QED) is 0.163. The first-order valence-corrected chi connectivity index (χ1v) is 18.3. The van der Waals surface area contributed by atoms with Crippen LogP contribution in [-0.4, -0.2) is 0 Å². The largest absolute Gasteiger partial charge is 0.248 e. The monoisotopic (exact) mass is 668 g/mol. The molecule has 53 heavy (non-hydrogen) atoms. The van der Waals surface area contributed by atoms with E-state index in [0.29, 0.717) is 0 Å². The van der Waals surface area contributed by atoms with E-state index in [-0.39, 0.29) is 0 Å². The van der Waals surface area contributed by atoms with E-state index in [0.717, 1.165) is 22.1 Å². The summed E-state index contributed by atoms with van der Waals surface area (Å²) in [4.78, 5) is 0. The lowest BCUT2D eigenvalue weighted by atomic mass is 9.95. The van der Waals surface area contributed by atoms with Gasteiger partial charge in [0.2, 0.25) is 0 Å². The summed E-state index contributed by atoms with van der Waals surface area (Å²) in [5.41, 5.74) is 1.97. The van der Waals surface area contributed by atoms with Crippen molar-refractivity contribution in [3.8, 4) is 0 Å². The summed E-state index contributed by atoms with van der Waals surface area (Å²) in [5.74, 6) is 0. The SMILES string of the molecule is c1ccc2cc3cc4cc5cc6c([N]c7cccc8cc9cc%10cc%11cc%12ccccc%12cc%11cc%10cc9cc78)cccc6cc5cc4cc3cc2c1. The topological polar surface area (TPSA) is 14.1 Å². The van der Waals surface area contributed by atoms with Crippen molar-refractivity contribution in [3.63, 3.8) is 0 Å². The summed E-state index contributed by atoms with van der Waals surface area (Å²) in [6.45, 7) is 0. The Morgan fingerprint density at radius 1 is 0.189 bits per heavy atom. The first-order chi connectivity index (χ1) is 26.1. The first-order valence-electron chi connectivity index (χ1n) is 18.3. The van der Waals surface area contributed by atoms with Crippen LogP contribution in [0.15, 0.2) is 182 Å². The van der Waals surface area contributed by atoms with Gasteiger partial charge in [-0.25, -0.2) is 5.32 Å². The van der Waals surface area contributed by atoms with E-state index in [9.17, 15) is 0 Å². The first kappa shape index (κ1) is 28.7. The molecule has 0 aliphatic carbocycles. The van der Waals surface area contributed by atoms with Gasteiger partial charge in [-0.15, -0.1) is 0 Å². The van der Waals surface area contributed by atoms with Crippen LogP contribution >= 0.6 is 0 Å². The third-order valence-corrected chi connectivity index (χ3v) is 11.4. The molecule has 0 amide bonds. The summed E-state index contributed by atoms with van der Waals surface area (Å²) < 4.78 is 0. The molecule has 0 N–H and O–H groups in total. The van der Waals surface area contributed by atoms with E-state index in [1.165, 1.54) is 97.0 Å². The van der Waals surface area contributed by atoms with E-state index < -0.39 is 0 Å². The van der Waals surface area contributed by atoms with Gasteiger partial charge in [-0.1, -0.05) is 72.8 Å². The van der Waals surface area contributed by atoms with Gasteiger partial charge in [-0.2, -0.15) is 0 Å². The van der Waals surface area contributed by atoms with Crippen LogP contribution in [0.5, 0.6) is 0 Å². The molecule has 0 aromatic heterocycles. The van der Waals surface area contributed by atoms with Crippen molar-refractivity contribution < 1.29 is 0 Å². The minimum Gasteiger partial charge on any atom is -0.248 e. The highest BCUT2D eigenvalue weighted by molar-refractivity contribution is 6.13. The maximum atomic E-state index is 5.38. The van der Waals surface area contributed by atoms with Gasteiger partial charge in [-0.3, -0.25) is 0 Å². The second kappa shape index (κ2) is 10.8. The van der Waals surface area contributed by atoms with Crippen molar-refractivity contribution in [2.75, 3.05) is 0 Å². The molecule has 0 fully saturated rings. The van der Waals surface area contributed by atoms with Crippen molar-refractivity contribution in [1.29, 1.82) is 0 Å². The Bertz CT molecular complexity index is 3300. The Morgan fingerprint density at radius 2 is 0.415 bits per heavy atom. The maximum absolute atomic E-state index is 5.38. The molecule has 0 spiro atoms. The molecular weight excluding hydrogens is 639 g/mol. The van der Waals surface area contributed by atoms with Gasteiger partial charge < -0.3 is 0 Å². The molecule has 1 heteroatoms. The average Bonchev–Trinajstić information content (AvgIpc) is 3.18. The van der Waals surface area contributed by atoms with Gasteiger partial charge in [0, 0.05) is 10.8 Å². The predicted molar refractivity (Wildman–Crippen MR) is 229 cm³/mol. The molecule has 0 unspecified atom stereocenters. The predicted octanol–water partition coefficient (Wildman–Crippen LogP) is 14.8. The summed E-state index contributed by atoms with van der Waals surface area (Å²) in [5, 5.41) is 30.2. The molecule has 12 aromatic rings. The molecule has 12 aromatic carbocycles. The zero-order chi connectivity index (χ0) is 34.6. The van der Waals surface area contributed by atoms with Crippen molar-refractivity contribution >= 4 is 119 Å². The van der Waals surface area contributed by atoms with E-state index >= 15 is 0 Å². The second-order valence-corrected chi connectivity index (χ2v) is 14.7. The number of fused-ring (bicyclic) bond motifs is 10. The van der Waals surface area contributed by atoms with Crippen LogP contribution in [0.1, 0.15) is 0 Å². The van der Waals surface area contributed by atoms with Gasteiger partial charge in [0.1, 0.15) is 0 Å². The number of hydrogen-bond donors (Lipinski definition) is 0. The summed E-state index contributed by atoms with van der Waals surface area (Å²) in [7, 11) is 0. The Kier molecular flexibility index (Phi) is 5.84. The van der Waals surface area contributed by atoms with Gasteiger partial charge in [0.25, 0.3) is 0 Å². The lowest BCUT2D eigenvalue weighted by Crippen LogP contribution is -1.92. The third kappa shape index (κ3) is 4.58. The lowest BCUT2D eigenvalue weighted by molar-refractivity contribution is 1.22. The fourth-order valence-electron chi connectivity index (χ4n) is 8.74. The van der Waals surface area contributed by atoms with Gasteiger partial charge in [0.05, 0.1) is 11.4 Å². The number of nitrogens with zero attached hydrogens (tertiary/aromatic N) is 1. The number of hydrogen-bond acceptors (Lipinski definition) is 0. The Hall–Kier alpha value is -6.96. The molecule has 0 saturated heterocycles. The molecule has 0 saturated carbocycles. The van der Waals surface area contributed by atoms with E-state index in [4.69, 9.17) is 5.32 Å². The van der Waals surface area contributed by atoms with Crippen molar-refractivity contribution in [1.82, 2.24) is 5.32 Å². The molecule has 1 nitrogen and oxygen atoms in total. The third-order valence-electron chi connectivity index (χ3n) is 11.4. The minimum atomic E-state index is 0.985. The molecule has 243 valence electrons. The highest BCUT2D eigenvalue weighted by Crippen LogP contribution is 2.38. The van der Waals surface area contributed by atoms with Crippen LogP contribution in [0.3, 0.4) is 0 Å². The van der Waals surface area contributed by atoms with Crippen LogP contribution in [0.25, 0.3) is 108 Å². The summed E-state index contributed by atoms with van der Waals surface area (Å²) in [6, 6.07) is 67.5. The normalized spacial score (nSPS) is 12.2. The van der Waals surface area contributed by atoms with Crippen LogP contribution in [0.2, 0.25) is 0 Å².